The molecule has 104 valence electrons. The second-order valence-electron chi connectivity index (χ2n) is 4.98. The molecule has 1 amide bonds. The number of nitrogens with zero attached hydrogens (tertiary/aromatic N) is 1. The van der Waals surface area contributed by atoms with Crippen LogP contribution in [0.3, 0.4) is 0 Å². The third-order valence-electron chi connectivity index (χ3n) is 3.37. The average molecular weight is 271 g/mol. The zero-order chi connectivity index (χ0) is 13.9. The molecule has 1 aliphatic rings. The van der Waals surface area contributed by atoms with Gasteiger partial charge in [0, 0.05) is 18.6 Å². The maximum absolute atomic E-state index is 11.8. The van der Waals surface area contributed by atoms with E-state index in [-0.39, 0.29) is 12.5 Å². The van der Waals surface area contributed by atoms with E-state index in [1.807, 2.05) is 30.3 Å². The predicted molar refractivity (Wildman–Crippen MR) is 76.5 cm³/mol. The monoisotopic (exact) mass is 271 g/mol. The van der Waals surface area contributed by atoms with Crippen LogP contribution >= 0.6 is 0 Å². The van der Waals surface area contributed by atoms with E-state index < -0.39 is 0 Å². The van der Waals surface area contributed by atoms with Crippen molar-refractivity contribution in [1.29, 1.82) is 0 Å². The lowest BCUT2D eigenvalue weighted by Crippen LogP contribution is -2.18. The minimum atomic E-state index is -0.159. The van der Waals surface area contributed by atoms with Gasteiger partial charge in [-0.25, -0.2) is 0 Å². The van der Waals surface area contributed by atoms with Gasteiger partial charge in [-0.05, 0) is 12.8 Å². The zero-order valence-corrected chi connectivity index (χ0v) is 11.3. The normalized spacial score (nSPS) is 14.2. The minimum absolute atomic E-state index is 0.0452. The highest BCUT2D eigenvalue weighted by atomic mass is 16.5. The van der Waals surface area contributed by atoms with Gasteiger partial charge >= 0.3 is 0 Å². The maximum Gasteiger partial charge on any atom is 0.250 e. The Labute approximate surface area is 117 Å². The van der Waals surface area contributed by atoms with Gasteiger partial charge in [0.25, 0.3) is 0 Å². The molecular formula is C15H17N3O2. The zero-order valence-electron chi connectivity index (χ0n) is 11.3. The fourth-order valence-corrected chi connectivity index (χ4v) is 2.26. The van der Waals surface area contributed by atoms with E-state index in [4.69, 9.17) is 4.74 Å². The highest BCUT2D eigenvalue weighted by Gasteiger charge is 2.30. The van der Waals surface area contributed by atoms with E-state index in [1.54, 1.807) is 0 Å². The molecule has 0 unspecified atom stereocenters. The first-order valence-electron chi connectivity index (χ1n) is 6.72. The summed E-state index contributed by atoms with van der Waals surface area (Å²) in [4.78, 5) is 11.8. The van der Waals surface area contributed by atoms with Crippen molar-refractivity contribution < 1.29 is 9.53 Å². The summed E-state index contributed by atoms with van der Waals surface area (Å²) in [6.07, 6.45) is 2.28. The lowest BCUT2D eigenvalue weighted by Gasteiger charge is -2.07. The molecule has 5 heteroatoms. The molecule has 0 saturated heterocycles. The molecule has 0 bridgehead atoms. The molecular weight excluding hydrogens is 254 g/mol. The Kier molecular flexibility index (Phi) is 3.52. The summed E-state index contributed by atoms with van der Waals surface area (Å²) in [6, 6.07) is 9.85. The van der Waals surface area contributed by atoms with Gasteiger partial charge in [-0.2, -0.15) is 5.10 Å². The summed E-state index contributed by atoms with van der Waals surface area (Å²) < 4.78 is 4.87. The van der Waals surface area contributed by atoms with Crippen molar-refractivity contribution in [3.63, 3.8) is 0 Å². The second-order valence-corrected chi connectivity index (χ2v) is 4.98. The Bertz CT molecular complexity index is 603. The van der Waals surface area contributed by atoms with E-state index in [0.29, 0.717) is 5.92 Å². The lowest BCUT2D eigenvalue weighted by atomic mass is 10.1. The molecule has 3 rings (SSSR count). The van der Waals surface area contributed by atoms with Crippen LogP contribution in [0, 0.1) is 0 Å². The first kappa shape index (κ1) is 12.9. The van der Waals surface area contributed by atoms with Crippen LogP contribution in [0.15, 0.2) is 30.3 Å². The number of nitrogens with one attached hydrogen (secondary N) is 2. The van der Waals surface area contributed by atoms with Gasteiger partial charge in [0.1, 0.15) is 12.3 Å². The van der Waals surface area contributed by atoms with Crippen molar-refractivity contribution in [3.8, 4) is 11.3 Å². The Morgan fingerprint density at radius 3 is 2.80 bits per heavy atom. The van der Waals surface area contributed by atoms with Gasteiger partial charge in [-0.1, -0.05) is 30.3 Å². The number of amides is 1. The van der Waals surface area contributed by atoms with Crippen LogP contribution in [0.25, 0.3) is 11.3 Å². The van der Waals surface area contributed by atoms with Crippen molar-refractivity contribution in [3.05, 3.63) is 36.0 Å². The topological polar surface area (TPSA) is 67.0 Å². The number of carbonyl (C=O) groups excluding carboxylic acids is 1. The summed E-state index contributed by atoms with van der Waals surface area (Å²) >= 11 is 0. The van der Waals surface area contributed by atoms with E-state index in [9.17, 15) is 4.79 Å². The molecule has 0 spiro atoms. The number of hydrogen-bond acceptors (Lipinski definition) is 3. The molecule has 0 aliphatic heterocycles. The van der Waals surface area contributed by atoms with Gasteiger partial charge in [0.15, 0.2) is 0 Å². The second kappa shape index (κ2) is 5.46. The molecule has 0 radical (unpaired) electrons. The van der Waals surface area contributed by atoms with Crippen molar-refractivity contribution in [1.82, 2.24) is 10.2 Å². The smallest absolute Gasteiger partial charge is 0.250 e. The highest BCUT2D eigenvalue weighted by Crippen LogP contribution is 2.44. The van der Waals surface area contributed by atoms with Crippen molar-refractivity contribution in [2.45, 2.75) is 18.8 Å². The van der Waals surface area contributed by atoms with Gasteiger partial charge in [0.05, 0.1) is 11.4 Å². The largest absolute Gasteiger partial charge is 0.375 e. The van der Waals surface area contributed by atoms with Crippen LogP contribution in [-0.4, -0.2) is 29.8 Å². The molecule has 1 heterocycles. The van der Waals surface area contributed by atoms with Crippen molar-refractivity contribution in [2.24, 2.45) is 0 Å². The van der Waals surface area contributed by atoms with E-state index in [2.05, 4.69) is 15.5 Å². The molecule has 20 heavy (non-hydrogen) atoms. The Hall–Kier alpha value is -2.14. The first-order chi connectivity index (χ1) is 9.79. The third kappa shape index (κ3) is 2.58. The van der Waals surface area contributed by atoms with Gasteiger partial charge in [-0.15, -0.1) is 0 Å². The number of carbonyl (C=O) groups is 1. The molecule has 1 aliphatic carbocycles. The van der Waals surface area contributed by atoms with E-state index in [1.165, 1.54) is 7.11 Å². The number of anilines is 1. The predicted octanol–water partition coefficient (Wildman–Crippen LogP) is 2.54. The molecule has 1 fully saturated rings. The molecule has 1 aromatic heterocycles. The summed E-state index contributed by atoms with van der Waals surface area (Å²) in [5.41, 5.74) is 3.59. The fourth-order valence-electron chi connectivity index (χ4n) is 2.26. The van der Waals surface area contributed by atoms with Crippen LogP contribution in [0.4, 0.5) is 5.69 Å². The standard InChI is InChI=1S/C15H17N3O2/c1-20-9-12(19)16-15-13(10-5-3-2-4-6-10)17-18-14(15)11-7-8-11/h2-6,11H,7-9H2,1H3,(H,16,19)(H,17,18). The number of aromatic nitrogens is 2. The molecule has 1 saturated carbocycles. The van der Waals surface area contributed by atoms with Crippen LogP contribution in [0.1, 0.15) is 24.5 Å². The van der Waals surface area contributed by atoms with Crippen LogP contribution in [-0.2, 0) is 9.53 Å². The molecule has 2 aromatic rings. The fraction of sp³-hybridized carbons (Fsp3) is 0.333. The van der Waals surface area contributed by atoms with Crippen molar-refractivity contribution in [2.75, 3.05) is 19.0 Å². The molecule has 0 atom stereocenters. The number of H-pyrrole nitrogens is 1. The molecule has 1 aromatic carbocycles. The number of ether oxygens (including phenoxy) is 1. The first-order valence-corrected chi connectivity index (χ1v) is 6.72. The lowest BCUT2D eigenvalue weighted by molar-refractivity contribution is -0.119. The summed E-state index contributed by atoms with van der Waals surface area (Å²) in [5, 5.41) is 10.4. The van der Waals surface area contributed by atoms with Gasteiger partial charge in [0.2, 0.25) is 5.91 Å². The summed E-state index contributed by atoms with van der Waals surface area (Å²) in [5.74, 6) is 0.325. The minimum Gasteiger partial charge on any atom is -0.375 e. The number of rotatable bonds is 5. The quantitative estimate of drug-likeness (QED) is 0.878. The van der Waals surface area contributed by atoms with Crippen LogP contribution < -0.4 is 5.32 Å². The van der Waals surface area contributed by atoms with E-state index >= 15 is 0 Å². The van der Waals surface area contributed by atoms with Crippen LogP contribution in [0.2, 0.25) is 0 Å². The number of benzene rings is 1. The SMILES string of the molecule is COCC(=O)Nc1c(-c2ccccc2)n[nH]c1C1CC1. The Morgan fingerprint density at radius 2 is 2.15 bits per heavy atom. The maximum atomic E-state index is 11.8. The van der Waals surface area contributed by atoms with Gasteiger partial charge in [-0.3, -0.25) is 9.89 Å². The number of methoxy groups -OCH3 is 1. The van der Waals surface area contributed by atoms with Gasteiger partial charge < -0.3 is 10.1 Å². The van der Waals surface area contributed by atoms with Crippen LogP contribution in [0.5, 0.6) is 0 Å². The molecule has 5 nitrogen and oxygen atoms in total. The van der Waals surface area contributed by atoms with Crippen molar-refractivity contribution >= 4 is 11.6 Å². The van der Waals surface area contributed by atoms with E-state index in [0.717, 1.165) is 35.5 Å². The Morgan fingerprint density at radius 1 is 1.40 bits per heavy atom. The molecule has 2 N–H and O–H groups in total. The highest BCUT2D eigenvalue weighted by molar-refractivity contribution is 5.96. The number of aromatic amines is 1. The Balaban J connectivity index is 1.95. The third-order valence-corrected chi connectivity index (χ3v) is 3.37. The summed E-state index contributed by atoms with van der Waals surface area (Å²) in [6.45, 7) is 0.0452. The number of hydrogen-bond donors (Lipinski definition) is 2. The average Bonchev–Trinajstić information content (AvgIpc) is 3.22. The summed E-state index contributed by atoms with van der Waals surface area (Å²) in [7, 11) is 1.51.